The minimum atomic E-state index is -0.0863. The van der Waals surface area contributed by atoms with Crippen molar-refractivity contribution in [3.05, 3.63) is 30.4 Å². The van der Waals surface area contributed by atoms with Gasteiger partial charge in [0.1, 0.15) is 0 Å². The number of hydrogen-bond acceptors (Lipinski definition) is 4. The van der Waals surface area contributed by atoms with Gasteiger partial charge in [-0.25, -0.2) is 9.97 Å². The second-order valence-electron chi connectivity index (χ2n) is 4.03. The van der Waals surface area contributed by atoms with E-state index in [-0.39, 0.29) is 11.9 Å². The van der Waals surface area contributed by atoms with Crippen LogP contribution in [-0.2, 0) is 9.53 Å². The van der Waals surface area contributed by atoms with Crippen molar-refractivity contribution in [3.8, 4) is 0 Å². The van der Waals surface area contributed by atoms with Gasteiger partial charge in [-0.1, -0.05) is 6.08 Å². The van der Waals surface area contributed by atoms with E-state index in [1.165, 1.54) is 0 Å². The van der Waals surface area contributed by atoms with E-state index in [9.17, 15) is 4.79 Å². The zero-order chi connectivity index (χ0) is 12.1. The summed E-state index contributed by atoms with van der Waals surface area (Å²) in [6, 6.07) is 1.80. The summed E-state index contributed by atoms with van der Waals surface area (Å²) in [6.45, 7) is 2.29. The van der Waals surface area contributed by atoms with Crippen LogP contribution >= 0.6 is 0 Å². The lowest BCUT2D eigenvalue weighted by atomic mass is 9.89. The molecule has 1 aliphatic rings. The predicted molar refractivity (Wildman–Crippen MR) is 64.0 cm³/mol. The van der Waals surface area contributed by atoms with Crippen LogP contribution < -0.4 is 0 Å². The number of esters is 1. The van der Waals surface area contributed by atoms with Gasteiger partial charge >= 0.3 is 5.97 Å². The minimum absolute atomic E-state index is 0.00223. The average Bonchev–Trinajstić information content (AvgIpc) is 2.40. The fourth-order valence-electron chi connectivity index (χ4n) is 1.98. The molecule has 0 N–H and O–H groups in total. The van der Waals surface area contributed by atoms with Crippen molar-refractivity contribution in [1.29, 1.82) is 0 Å². The summed E-state index contributed by atoms with van der Waals surface area (Å²) < 4.78 is 5.02. The highest BCUT2D eigenvalue weighted by Gasteiger charge is 2.23. The van der Waals surface area contributed by atoms with Crippen LogP contribution in [0.5, 0.6) is 0 Å². The van der Waals surface area contributed by atoms with Gasteiger partial charge in [0.15, 0.2) is 5.82 Å². The molecule has 0 fully saturated rings. The largest absolute Gasteiger partial charge is 0.466 e. The molecule has 1 heterocycles. The summed E-state index contributed by atoms with van der Waals surface area (Å²) in [4.78, 5) is 20.0. The molecule has 0 amide bonds. The number of aromatic nitrogens is 2. The van der Waals surface area contributed by atoms with Crippen LogP contribution in [0.4, 0.5) is 0 Å². The molecule has 1 aromatic heterocycles. The van der Waals surface area contributed by atoms with E-state index in [0.29, 0.717) is 6.61 Å². The maximum absolute atomic E-state index is 11.6. The van der Waals surface area contributed by atoms with E-state index in [0.717, 1.165) is 30.7 Å². The lowest BCUT2D eigenvalue weighted by Gasteiger charge is -2.19. The molecule has 4 heteroatoms. The van der Waals surface area contributed by atoms with Gasteiger partial charge in [0.05, 0.1) is 12.5 Å². The van der Waals surface area contributed by atoms with Gasteiger partial charge in [-0.15, -0.1) is 0 Å². The minimum Gasteiger partial charge on any atom is -0.466 e. The van der Waals surface area contributed by atoms with Crippen LogP contribution in [0.3, 0.4) is 0 Å². The number of rotatable bonds is 3. The van der Waals surface area contributed by atoms with Crippen molar-refractivity contribution in [2.45, 2.75) is 26.2 Å². The Balaban J connectivity index is 2.00. The zero-order valence-corrected chi connectivity index (χ0v) is 9.93. The number of hydrogen-bond donors (Lipinski definition) is 0. The molecule has 0 spiro atoms. The van der Waals surface area contributed by atoms with Gasteiger partial charge in [0.25, 0.3) is 0 Å². The van der Waals surface area contributed by atoms with Gasteiger partial charge in [0.2, 0.25) is 0 Å². The lowest BCUT2D eigenvalue weighted by Crippen LogP contribution is -2.19. The van der Waals surface area contributed by atoms with Crippen LogP contribution in [0.1, 0.15) is 32.0 Å². The highest BCUT2D eigenvalue weighted by Crippen LogP contribution is 2.28. The number of carbonyl (C=O) groups excluding carboxylic acids is 1. The zero-order valence-electron chi connectivity index (χ0n) is 9.93. The standard InChI is InChI=1S/C13H16N2O2/c1-2-17-13(16)11-6-4-10(5-7-11)12-14-8-3-9-15-12/h3-4,8-9,11H,2,5-7H2,1H3/t11-/m1/s1. The van der Waals surface area contributed by atoms with Gasteiger partial charge in [0, 0.05) is 12.4 Å². The Morgan fingerprint density at radius 3 is 2.82 bits per heavy atom. The third-order valence-electron chi connectivity index (χ3n) is 2.88. The molecule has 0 radical (unpaired) electrons. The monoisotopic (exact) mass is 232 g/mol. The van der Waals surface area contributed by atoms with Gasteiger partial charge in [-0.3, -0.25) is 4.79 Å². The van der Waals surface area contributed by atoms with Crippen LogP contribution in [0, 0.1) is 5.92 Å². The molecule has 0 aromatic carbocycles. The van der Waals surface area contributed by atoms with E-state index >= 15 is 0 Å². The number of carbonyl (C=O) groups is 1. The predicted octanol–water partition coefficient (Wildman–Crippen LogP) is 2.22. The van der Waals surface area contributed by atoms with Crippen LogP contribution in [0.2, 0.25) is 0 Å². The summed E-state index contributed by atoms with van der Waals surface area (Å²) in [7, 11) is 0. The normalized spacial score (nSPS) is 19.6. The van der Waals surface area contributed by atoms with Crippen molar-refractivity contribution in [3.63, 3.8) is 0 Å². The summed E-state index contributed by atoms with van der Waals surface area (Å²) in [5.41, 5.74) is 1.13. The topological polar surface area (TPSA) is 52.1 Å². The fraction of sp³-hybridized carbons (Fsp3) is 0.462. The molecule has 1 aliphatic carbocycles. The van der Waals surface area contributed by atoms with Gasteiger partial charge in [-0.2, -0.15) is 0 Å². The van der Waals surface area contributed by atoms with E-state index in [1.807, 2.05) is 6.92 Å². The molecule has 0 bridgehead atoms. The Bertz CT molecular complexity index is 415. The Morgan fingerprint density at radius 1 is 1.47 bits per heavy atom. The molecular weight excluding hydrogens is 216 g/mol. The van der Waals surface area contributed by atoms with Gasteiger partial charge < -0.3 is 4.74 Å². The van der Waals surface area contributed by atoms with Crippen LogP contribution in [0.15, 0.2) is 24.5 Å². The SMILES string of the molecule is CCOC(=O)[C@@H]1CC=C(c2ncccn2)CC1. The molecule has 17 heavy (non-hydrogen) atoms. The second-order valence-corrected chi connectivity index (χ2v) is 4.03. The Morgan fingerprint density at radius 2 is 2.24 bits per heavy atom. The smallest absolute Gasteiger partial charge is 0.309 e. The first-order valence-electron chi connectivity index (χ1n) is 5.94. The fourth-order valence-corrected chi connectivity index (χ4v) is 1.98. The third kappa shape index (κ3) is 2.90. The van der Waals surface area contributed by atoms with Crippen molar-refractivity contribution in [2.24, 2.45) is 5.92 Å². The highest BCUT2D eigenvalue weighted by atomic mass is 16.5. The van der Waals surface area contributed by atoms with Crippen molar-refractivity contribution in [1.82, 2.24) is 9.97 Å². The molecular formula is C13H16N2O2. The number of nitrogens with zero attached hydrogens (tertiary/aromatic N) is 2. The van der Waals surface area contributed by atoms with E-state index < -0.39 is 0 Å². The van der Waals surface area contributed by atoms with Crippen molar-refractivity contribution in [2.75, 3.05) is 6.61 Å². The molecule has 90 valence electrons. The molecule has 0 saturated heterocycles. The first-order chi connectivity index (χ1) is 8.31. The molecule has 4 nitrogen and oxygen atoms in total. The second kappa shape index (κ2) is 5.57. The summed E-state index contributed by atoms with van der Waals surface area (Å²) >= 11 is 0. The molecule has 0 saturated carbocycles. The lowest BCUT2D eigenvalue weighted by molar-refractivity contribution is -0.148. The molecule has 0 aliphatic heterocycles. The quantitative estimate of drug-likeness (QED) is 0.750. The number of allylic oxidation sites excluding steroid dienone is 2. The first-order valence-corrected chi connectivity index (χ1v) is 5.94. The number of ether oxygens (including phenoxy) is 1. The van der Waals surface area contributed by atoms with E-state index in [4.69, 9.17) is 4.74 Å². The van der Waals surface area contributed by atoms with Crippen molar-refractivity contribution < 1.29 is 9.53 Å². The Labute approximate surface area is 101 Å². The Kier molecular flexibility index (Phi) is 3.85. The van der Waals surface area contributed by atoms with Gasteiger partial charge in [-0.05, 0) is 37.8 Å². The first kappa shape index (κ1) is 11.8. The summed E-state index contributed by atoms with van der Waals surface area (Å²) in [5, 5.41) is 0. The average molecular weight is 232 g/mol. The van der Waals surface area contributed by atoms with Crippen LogP contribution in [-0.4, -0.2) is 22.5 Å². The van der Waals surface area contributed by atoms with Crippen molar-refractivity contribution >= 4 is 11.5 Å². The van der Waals surface area contributed by atoms with E-state index in [1.54, 1.807) is 18.5 Å². The maximum Gasteiger partial charge on any atom is 0.309 e. The van der Waals surface area contributed by atoms with Crippen LogP contribution in [0.25, 0.3) is 5.57 Å². The van der Waals surface area contributed by atoms with E-state index in [2.05, 4.69) is 16.0 Å². The summed E-state index contributed by atoms with van der Waals surface area (Å²) in [5.74, 6) is 0.689. The summed E-state index contributed by atoms with van der Waals surface area (Å²) in [6.07, 6.45) is 7.92. The highest BCUT2D eigenvalue weighted by molar-refractivity contribution is 5.74. The Hall–Kier alpha value is -1.71. The third-order valence-corrected chi connectivity index (χ3v) is 2.88. The molecule has 1 aromatic rings. The molecule has 1 atom stereocenters. The maximum atomic E-state index is 11.6. The molecule has 2 rings (SSSR count). The molecule has 0 unspecified atom stereocenters.